The van der Waals surface area contributed by atoms with Crippen LogP contribution in [0.2, 0.25) is 0 Å². The van der Waals surface area contributed by atoms with Gasteiger partial charge in [0.1, 0.15) is 22.8 Å². The van der Waals surface area contributed by atoms with Gasteiger partial charge in [-0.05, 0) is 26.3 Å². The summed E-state index contributed by atoms with van der Waals surface area (Å²) in [5.74, 6) is 0.0636. The molecule has 1 saturated heterocycles. The van der Waals surface area contributed by atoms with Crippen molar-refractivity contribution >= 4 is 34.9 Å². The molecule has 1 aromatic rings. The highest BCUT2D eigenvalue weighted by Crippen LogP contribution is 2.40. The molecule has 0 aliphatic carbocycles. The Morgan fingerprint density at radius 2 is 2.00 bits per heavy atom. The van der Waals surface area contributed by atoms with Crippen LogP contribution in [-0.2, 0) is 14.3 Å². The Labute approximate surface area is 186 Å². The van der Waals surface area contributed by atoms with Crippen molar-refractivity contribution in [2.45, 2.75) is 37.8 Å². The first-order valence-electron chi connectivity index (χ1n) is 10.2. The minimum Gasteiger partial charge on any atom is -0.444 e. The maximum absolute atomic E-state index is 12.9. The largest absolute Gasteiger partial charge is 0.444 e. The van der Waals surface area contributed by atoms with E-state index in [4.69, 9.17) is 9.47 Å². The molecule has 1 N–H and O–H groups in total. The second kappa shape index (κ2) is 8.76. The minimum atomic E-state index is -0.777. The van der Waals surface area contributed by atoms with Gasteiger partial charge >= 0.3 is 6.09 Å². The number of amides is 2. The van der Waals surface area contributed by atoms with Gasteiger partial charge in [-0.1, -0.05) is 42.1 Å². The quantitative estimate of drug-likeness (QED) is 0.775. The summed E-state index contributed by atoms with van der Waals surface area (Å²) in [5, 5.41) is 2.87. The van der Waals surface area contributed by atoms with E-state index >= 15 is 0 Å². The Kier molecular flexibility index (Phi) is 6.06. The summed E-state index contributed by atoms with van der Waals surface area (Å²) < 4.78 is 10.9. The number of morpholine rings is 1. The summed E-state index contributed by atoms with van der Waals surface area (Å²) in [5.41, 5.74) is 0.499. The zero-order chi connectivity index (χ0) is 22.0. The van der Waals surface area contributed by atoms with Crippen LogP contribution in [0.25, 0.3) is 4.91 Å². The summed E-state index contributed by atoms with van der Waals surface area (Å²) in [6.07, 6.45) is 5.12. The summed E-state index contributed by atoms with van der Waals surface area (Å²) >= 11 is 1.70. The van der Waals surface area contributed by atoms with Crippen molar-refractivity contribution in [3.63, 3.8) is 0 Å². The van der Waals surface area contributed by atoms with Crippen LogP contribution in [0.5, 0.6) is 0 Å². The Hall–Kier alpha value is -2.78. The fourth-order valence-electron chi connectivity index (χ4n) is 3.35. The fourth-order valence-corrected chi connectivity index (χ4v) is 4.43. The van der Waals surface area contributed by atoms with Crippen LogP contribution >= 0.6 is 11.8 Å². The minimum absolute atomic E-state index is 0.0483. The molecule has 0 saturated carbocycles. The highest BCUT2D eigenvalue weighted by molar-refractivity contribution is 8.09. The fraction of sp³-hybridized carbons (Fsp3) is 0.409. The van der Waals surface area contributed by atoms with Crippen molar-refractivity contribution in [2.75, 3.05) is 19.8 Å². The second-order valence-electron chi connectivity index (χ2n) is 8.36. The molecule has 164 valence electrons. The molecule has 9 heteroatoms. The van der Waals surface area contributed by atoms with Crippen molar-refractivity contribution in [3.05, 3.63) is 54.1 Å². The van der Waals surface area contributed by atoms with Gasteiger partial charge in [0, 0.05) is 30.1 Å². The molecular weight excluding hydrogens is 416 g/mol. The molecule has 3 aliphatic rings. The van der Waals surface area contributed by atoms with Crippen molar-refractivity contribution < 1.29 is 19.1 Å². The molecule has 8 nitrogen and oxygen atoms in total. The van der Waals surface area contributed by atoms with Crippen LogP contribution < -0.4 is 5.32 Å². The Balaban J connectivity index is 1.44. The number of aliphatic imine (C=N–C) groups is 1. The summed E-state index contributed by atoms with van der Waals surface area (Å²) in [4.78, 5) is 34.4. The number of carbonyl (C=O) groups is 2. The van der Waals surface area contributed by atoms with Crippen LogP contribution in [0.3, 0.4) is 0 Å². The van der Waals surface area contributed by atoms with Gasteiger partial charge in [0.25, 0.3) is 5.91 Å². The van der Waals surface area contributed by atoms with Crippen LogP contribution in [0, 0.1) is 0 Å². The molecule has 3 heterocycles. The van der Waals surface area contributed by atoms with Gasteiger partial charge in [-0.15, -0.1) is 0 Å². The molecule has 0 spiro atoms. The lowest BCUT2D eigenvalue weighted by Gasteiger charge is -2.35. The smallest absolute Gasteiger partial charge is 0.411 e. The van der Waals surface area contributed by atoms with Gasteiger partial charge in [-0.2, -0.15) is 0 Å². The predicted octanol–water partition coefficient (Wildman–Crippen LogP) is 3.00. The average Bonchev–Trinajstić information content (AvgIpc) is 3.16. The molecule has 31 heavy (non-hydrogen) atoms. The Morgan fingerprint density at radius 3 is 2.74 bits per heavy atom. The molecular formula is C22H26N4O4S. The number of thioether (sulfide) groups is 1. The van der Waals surface area contributed by atoms with Gasteiger partial charge in [0.05, 0.1) is 13.2 Å². The number of nitrogens with zero attached hydrogens (tertiary/aromatic N) is 3. The topological polar surface area (TPSA) is 83.5 Å². The molecule has 0 aromatic heterocycles. The van der Waals surface area contributed by atoms with E-state index in [0.717, 1.165) is 10.5 Å². The first-order chi connectivity index (χ1) is 14.8. The standard InChI is InChI=1S/C22H26N4O4S/c1-22(2,3)30-21(28)26-9-10-29-14-16(26)20(27)24-18-13-25-12-17(31-19(25)11-23-18)15-7-5-4-6-8-15/h4-8,11-13,16,19H,9-10,14H2,1-3H3,(H,24,27). The zero-order valence-corrected chi connectivity index (χ0v) is 18.6. The average molecular weight is 443 g/mol. The third kappa shape index (κ3) is 5.11. The maximum Gasteiger partial charge on any atom is 0.411 e. The van der Waals surface area contributed by atoms with Crippen molar-refractivity contribution in [1.82, 2.24) is 15.1 Å². The van der Waals surface area contributed by atoms with Crippen LogP contribution in [0.4, 0.5) is 4.79 Å². The number of benzene rings is 1. The van der Waals surface area contributed by atoms with Crippen molar-refractivity contribution in [2.24, 2.45) is 4.99 Å². The van der Waals surface area contributed by atoms with Crippen LogP contribution in [-0.4, -0.2) is 64.8 Å². The predicted molar refractivity (Wildman–Crippen MR) is 120 cm³/mol. The van der Waals surface area contributed by atoms with E-state index in [1.54, 1.807) is 44.9 Å². The molecule has 3 aliphatic heterocycles. The number of carbonyl (C=O) groups excluding carboxylic acids is 2. The third-order valence-electron chi connectivity index (χ3n) is 4.79. The normalized spacial score (nSPS) is 23.1. The van der Waals surface area contributed by atoms with Crippen LogP contribution in [0.1, 0.15) is 26.3 Å². The molecule has 1 fully saturated rings. The van der Waals surface area contributed by atoms with E-state index in [1.165, 1.54) is 4.90 Å². The van der Waals surface area contributed by atoms with E-state index in [-0.39, 0.29) is 17.9 Å². The van der Waals surface area contributed by atoms with E-state index in [2.05, 4.69) is 22.4 Å². The van der Waals surface area contributed by atoms with Gasteiger partial charge in [0.2, 0.25) is 0 Å². The number of nitrogens with one attached hydrogen (secondary N) is 1. The number of hydrogen-bond donors (Lipinski definition) is 1. The van der Waals surface area contributed by atoms with Gasteiger partial charge in [-0.3, -0.25) is 9.69 Å². The lowest BCUT2D eigenvalue weighted by atomic mass is 10.2. The number of rotatable bonds is 3. The van der Waals surface area contributed by atoms with E-state index in [9.17, 15) is 9.59 Å². The number of fused-ring (bicyclic) bond motifs is 1. The Morgan fingerprint density at radius 1 is 1.23 bits per heavy atom. The Bertz CT molecular complexity index is 939. The molecule has 2 amide bonds. The van der Waals surface area contributed by atoms with Crippen molar-refractivity contribution in [3.8, 4) is 0 Å². The van der Waals surface area contributed by atoms with Gasteiger partial charge in [-0.25, -0.2) is 9.79 Å². The van der Waals surface area contributed by atoms with Gasteiger partial charge in [0.15, 0.2) is 0 Å². The molecule has 0 bridgehead atoms. The SMILES string of the molecule is CC(C)(C)OC(=O)N1CCOCC1C(=O)NC1=CN2C=C(c3ccccc3)SC2C=N1. The summed E-state index contributed by atoms with van der Waals surface area (Å²) in [6, 6.07) is 9.35. The first-order valence-corrected chi connectivity index (χ1v) is 11.0. The molecule has 2 unspecified atom stereocenters. The molecule has 0 radical (unpaired) electrons. The highest BCUT2D eigenvalue weighted by atomic mass is 32.2. The molecule has 1 aromatic carbocycles. The van der Waals surface area contributed by atoms with Crippen molar-refractivity contribution in [1.29, 1.82) is 0 Å². The second-order valence-corrected chi connectivity index (χ2v) is 9.52. The lowest BCUT2D eigenvalue weighted by Crippen LogP contribution is -2.56. The lowest BCUT2D eigenvalue weighted by molar-refractivity contribution is -0.131. The molecule has 4 rings (SSSR count). The zero-order valence-electron chi connectivity index (χ0n) is 17.8. The van der Waals surface area contributed by atoms with E-state index < -0.39 is 17.7 Å². The maximum atomic E-state index is 12.9. The summed E-state index contributed by atoms with van der Waals surface area (Å²) in [7, 11) is 0. The van der Waals surface area contributed by atoms with Crippen LogP contribution in [0.15, 0.2) is 53.5 Å². The highest BCUT2D eigenvalue weighted by Gasteiger charge is 2.36. The summed E-state index contributed by atoms with van der Waals surface area (Å²) in [6.45, 7) is 6.16. The number of hydrogen-bond acceptors (Lipinski definition) is 7. The molecule has 2 atom stereocenters. The van der Waals surface area contributed by atoms with E-state index in [0.29, 0.717) is 19.0 Å². The van der Waals surface area contributed by atoms with E-state index in [1.807, 2.05) is 29.3 Å². The first kappa shape index (κ1) is 21.5. The monoisotopic (exact) mass is 442 g/mol. The number of ether oxygens (including phenoxy) is 2. The third-order valence-corrected chi connectivity index (χ3v) is 5.99. The van der Waals surface area contributed by atoms with Gasteiger partial charge < -0.3 is 19.7 Å².